The predicted octanol–water partition coefficient (Wildman–Crippen LogP) is 4.22. The lowest BCUT2D eigenvalue weighted by Crippen LogP contribution is -2.35. The Morgan fingerprint density at radius 2 is 1.87 bits per heavy atom. The van der Waals surface area contributed by atoms with Crippen LogP contribution in [0, 0.1) is 0 Å². The fraction of sp³-hybridized carbons (Fsp3) is 0.333. The summed E-state index contributed by atoms with van der Waals surface area (Å²) in [6.45, 7) is 3.60. The molecule has 6 nitrogen and oxygen atoms in total. The third kappa shape index (κ3) is 5.17. The fourth-order valence-electron chi connectivity index (χ4n) is 3.53. The molecule has 1 aliphatic rings. The molecule has 7 heteroatoms. The zero-order valence-corrected chi connectivity index (χ0v) is 19.6. The van der Waals surface area contributed by atoms with Crippen molar-refractivity contribution < 1.29 is 19.4 Å². The first kappa shape index (κ1) is 23.0. The Bertz CT molecular complexity index is 985. The van der Waals surface area contributed by atoms with Gasteiger partial charge < -0.3 is 19.6 Å². The Morgan fingerprint density at radius 1 is 1.16 bits per heavy atom. The molecule has 164 valence electrons. The molecule has 1 N–H and O–H groups in total. The largest absolute Gasteiger partial charge is 0.507 e. The molecule has 0 aliphatic carbocycles. The summed E-state index contributed by atoms with van der Waals surface area (Å²) >= 11 is 3.46. The zero-order chi connectivity index (χ0) is 22.5. The lowest BCUT2D eigenvalue weighted by Gasteiger charge is -2.26. The van der Waals surface area contributed by atoms with E-state index < -0.39 is 17.7 Å². The second-order valence-electron chi connectivity index (χ2n) is 7.72. The number of rotatable bonds is 8. The molecule has 2 aromatic rings. The van der Waals surface area contributed by atoms with Gasteiger partial charge in [0.1, 0.15) is 11.5 Å². The number of ether oxygens (including phenoxy) is 1. The van der Waals surface area contributed by atoms with Crippen LogP contribution in [0.1, 0.15) is 30.5 Å². The summed E-state index contributed by atoms with van der Waals surface area (Å²) in [4.78, 5) is 29.4. The standard InChI is InChI=1S/C24H27BrN2O4/c1-4-14-31-19-10-8-16(9-11-19)22(28)20-21(17-6-5-7-18(25)15-17)27(13-12-26(2)3)24(30)23(20)29/h5-11,15,21,28H,4,12-14H2,1-3H3/b22-20+/t21-/m1/s1. The van der Waals surface area contributed by atoms with Gasteiger partial charge in [-0.05, 0) is 62.5 Å². The van der Waals surface area contributed by atoms with E-state index in [-0.39, 0.29) is 11.3 Å². The van der Waals surface area contributed by atoms with Gasteiger partial charge in [0.15, 0.2) is 0 Å². The van der Waals surface area contributed by atoms with Crippen molar-refractivity contribution in [2.24, 2.45) is 0 Å². The van der Waals surface area contributed by atoms with Crippen molar-refractivity contribution in [3.05, 3.63) is 69.7 Å². The van der Waals surface area contributed by atoms with Crippen LogP contribution in [0.2, 0.25) is 0 Å². The minimum atomic E-state index is -0.674. The maximum Gasteiger partial charge on any atom is 0.295 e. The normalized spacial score (nSPS) is 18.1. The summed E-state index contributed by atoms with van der Waals surface area (Å²) in [6.07, 6.45) is 0.894. The quantitative estimate of drug-likeness (QED) is 0.343. The number of hydrogen-bond acceptors (Lipinski definition) is 5. The molecular formula is C24H27BrN2O4. The van der Waals surface area contributed by atoms with Crippen LogP contribution in [0.5, 0.6) is 5.75 Å². The Kier molecular flexibility index (Phi) is 7.51. The van der Waals surface area contributed by atoms with Gasteiger partial charge >= 0.3 is 0 Å². The molecule has 0 bridgehead atoms. The van der Waals surface area contributed by atoms with Crippen molar-refractivity contribution in [1.82, 2.24) is 9.80 Å². The number of likely N-dealkylation sites (tertiary alicyclic amines) is 1. The highest BCUT2D eigenvalue weighted by molar-refractivity contribution is 9.10. The van der Waals surface area contributed by atoms with Crippen LogP contribution >= 0.6 is 15.9 Å². The van der Waals surface area contributed by atoms with E-state index in [1.807, 2.05) is 50.2 Å². The molecule has 0 spiro atoms. The molecule has 0 unspecified atom stereocenters. The second kappa shape index (κ2) is 10.1. The second-order valence-corrected chi connectivity index (χ2v) is 8.64. The summed E-state index contributed by atoms with van der Waals surface area (Å²) in [6, 6.07) is 13.7. The molecule has 1 heterocycles. The van der Waals surface area contributed by atoms with E-state index >= 15 is 0 Å². The summed E-state index contributed by atoms with van der Waals surface area (Å²) in [5, 5.41) is 11.1. The molecule has 1 fully saturated rings. The Hall–Kier alpha value is -2.64. The number of benzene rings is 2. The molecule has 2 aromatic carbocycles. The first-order chi connectivity index (χ1) is 14.8. The number of aliphatic hydroxyl groups is 1. The number of Topliss-reactive ketones (excluding diaryl/α,β-unsaturated/α-hetero) is 1. The van der Waals surface area contributed by atoms with E-state index in [2.05, 4.69) is 15.9 Å². The minimum absolute atomic E-state index is 0.101. The maximum atomic E-state index is 13.0. The number of halogens is 1. The van der Waals surface area contributed by atoms with Crippen LogP contribution < -0.4 is 4.74 Å². The van der Waals surface area contributed by atoms with Crippen molar-refractivity contribution >= 4 is 33.4 Å². The van der Waals surface area contributed by atoms with Gasteiger partial charge in [0.2, 0.25) is 0 Å². The molecule has 1 saturated heterocycles. The van der Waals surface area contributed by atoms with Gasteiger partial charge in [0, 0.05) is 23.1 Å². The molecule has 1 aliphatic heterocycles. The molecule has 3 rings (SSSR count). The summed E-state index contributed by atoms with van der Waals surface area (Å²) < 4.78 is 6.43. The molecule has 31 heavy (non-hydrogen) atoms. The van der Waals surface area contributed by atoms with Gasteiger partial charge in [-0.3, -0.25) is 9.59 Å². The number of nitrogens with zero attached hydrogens (tertiary/aromatic N) is 2. The van der Waals surface area contributed by atoms with Crippen LogP contribution in [-0.2, 0) is 9.59 Å². The predicted molar refractivity (Wildman–Crippen MR) is 124 cm³/mol. The summed E-state index contributed by atoms with van der Waals surface area (Å²) in [5.74, 6) is -0.769. The molecule has 1 atom stereocenters. The molecular weight excluding hydrogens is 460 g/mol. The SMILES string of the molecule is CCCOc1ccc(/C(O)=C2\C(=O)C(=O)N(CCN(C)C)[C@@H]2c2cccc(Br)c2)cc1. The van der Waals surface area contributed by atoms with Crippen LogP contribution in [0.4, 0.5) is 0 Å². The number of carbonyl (C=O) groups excluding carboxylic acids is 2. The Morgan fingerprint density at radius 3 is 2.48 bits per heavy atom. The summed E-state index contributed by atoms with van der Waals surface area (Å²) in [5.41, 5.74) is 1.33. The first-order valence-electron chi connectivity index (χ1n) is 10.2. The van der Waals surface area contributed by atoms with E-state index in [1.54, 1.807) is 24.3 Å². The number of amides is 1. The maximum absolute atomic E-state index is 13.0. The van der Waals surface area contributed by atoms with Crippen molar-refractivity contribution in [2.75, 3.05) is 33.8 Å². The van der Waals surface area contributed by atoms with Crippen molar-refractivity contribution in [3.8, 4) is 5.75 Å². The van der Waals surface area contributed by atoms with Crippen molar-refractivity contribution in [2.45, 2.75) is 19.4 Å². The van der Waals surface area contributed by atoms with E-state index in [4.69, 9.17) is 4.74 Å². The third-order valence-corrected chi connectivity index (χ3v) is 5.59. The van der Waals surface area contributed by atoms with Crippen LogP contribution in [0.3, 0.4) is 0 Å². The number of hydrogen-bond donors (Lipinski definition) is 1. The van der Waals surface area contributed by atoms with Gasteiger partial charge in [-0.15, -0.1) is 0 Å². The average Bonchev–Trinajstić information content (AvgIpc) is 3.01. The smallest absolute Gasteiger partial charge is 0.295 e. The van der Waals surface area contributed by atoms with Gasteiger partial charge in [-0.1, -0.05) is 35.0 Å². The Labute approximate surface area is 191 Å². The van der Waals surface area contributed by atoms with Gasteiger partial charge in [0.25, 0.3) is 11.7 Å². The summed E-state index contributed by atoms with van der Waals surface area (Å²) in [7, 11) is 3.82. The third-order valence-electron chi connectivity index (χ3n) is 5.09. The van der Waals surface area contributed by atoms with Crippen LogP contribution in [-0.4, -0.2) is 60.4 Å². The number of ketones is 1. The minimum Gasteiger partial charge on any atom is -0.507 e. The van der Waals surface area contributed by atoms with Gasteiger partial charge in [-0.2, -0.15) is 0 Å². The van der Waals surface area contributed by atoms with Gasteiger partial charge in [-0.25, -0.2) is 0 Å². The molecule has 0 aromatic heterocycles. The molecule has 0 saturated carbocycles. The lowest BCUT2D eigenvalue weighted by atomic mass is 9.95. The number of carbonyl (C=O) groups is 2. The zero-order valence-electron chi connectivity index (χ0n) is 18.0. The highest BCUT2D eigenvalue weighted by Crippen LogP contribution is 2.40. The van der Waals surface area contributed by atoms with E-state index in [1.165, 1.54) is 4.90 Å². The highest BCUT2D eigenvalue weighted by atomic mass is 79.9. The van der Waals surface area contributed by atoms with Crippen LogP contribution in [0.25, 0.3) is 5.76 Å². The number of likely N-dealkylation sites (N-methyl/N-ethyl adjacent to an activating group) is 1. The van der Waals surface area contributed by atoms with E-state index in [0.717, 1.165) is 16.5 Å². The number of aliphatic hydroxyl groups excluding tert-OH is 1. The Balaban J connectivity index is 2.06. The highest BCUT2D eigenvalue weighted by Gasteiger charge is 2.45. The topological polar surface area (TPSA) is 70.1 Å². The van der Waals surface area contributed by atoms with Gasteiger partial charge in [0.05, 0.1) is 18.2 Å². The average molecular weight is 487 g/mol. The van der Waals surface area contributed by atoms with E-state index in [0.29, 0.717) is 31.0 Å². The molecule has 0 radical (unpaired) electrons. The lowest BCUT2D eigenvalue weighted by molar-refractivity contribution is -0.140. The van der Waals surface area contributed by atoms with Crippen molar-refractivity contribution in [3.63, 3.8) is 0 Å². The van der Waals surface area contributed by atoms with Crippen LogP contribution in [0.15, 0.2) is 58.6 Å². The van der Waals surface area contributed by atoms with Crippen molar-refractivity contribution in [1.29, 1.82) is 0 Å². The fourth-order valence-corrected chi connectivity index (χ4v) is 3.94. The monoisotopic (exact) mass is 486 g/mol. The molecule has 1 amide bonds. The van der Waals surface area contributed by atoms with E-state index in [9.17, 15) is 14.7 Å². The first-order valence-corrected chi connectivity index (χ1v) is 11.0.